The minimum Gasteiger partial charge on any atom is -0.294 e. The first-order valence-electron chi connectivity index (χ1n) is 9.17. The molecule has 24 heavy (non-hydrogen) atoms. The summed E-state index contributed by atoms with van der Waals surface area (Å²) in [4.78, 5) is 13.3. The van der Waals surface area contributed by atoms with Crippen LogP contribution in [0.1, 0.15) is 50.7 Å². The Morgan fingerprint density at radius 3 is 1.75 bits per heavy atom. The summed E-state index contributed by atoms with van der Waals surface area (Å²) in [7, 11) is 0. The lowest BCUT2D eigenvalue weighted by Crippen LogP contribution is -2.17. The van der Waals surface area contributed by atoms with E-state index in [1.165, 1.54) is 11.1 Å². The summed E-state index contributed by atoms with van der Waals surface area (Å²) in [5.74, 6) is 0.834. The van der Waals surface area contributed by atoms with Gasteiger partial charge in [-0.15, -0.1) is 0 Å². The van der Waals surface area contributed by atoms with E-state index in [1.807, 2.05) is 24.3 Å². The van der Waals surface area contributed by atoms with Gasteiger partial charge in [-0.2, -0.15) is 0 Å². The summed E-state index contributed by atoms with van der Waals surface area (Å²) in [6.45, 7) is 4.40. The maximum atomic E-state index is 13.3. The number of hydrogen-bond donors (Lipinski definition) is 0. The molecule has 0 aliphatic heterocycles. The average molecular weight is 318 g/mol. The summed E-state index contributed by atoms with van der Waals surface area (Å²) in [5.41, 5.74) is 4.51. The fraction of sp³-hybridized carbons (Fsp3) is 0.348. The zero-order valence-electron chi connectivity index (χ0n) is 14.7. The van der Waals surface area contributed by atoms with E-state index in [-0.39, 0.29) is 5.92 Å². The molecule has 1 aliphatic carbocycles. The van der Waals surface area contributed by atoms with Crippen LogP contribution in [0.5, 0.6) is 0 Å². The Bertz CT molecular complexity index is 712. The largest absolute Gasteiger partial charge is 0.294 e. The first-order chi connectivity index (χ1) is 11.8. The summed E-state index contributed by atoms with van der Waals surface area (Å²) >= 11 is 0. The van der Waals surface area contributed by atoms with Crippen molar-refractivity contribution in [1.82, 2.24) is 0 Å². The van der Waals surface area contributed by atoms with Gasteiger partial charge in [0.25, 0.3) is 0 Å². The number of Topliss-reactive ketones (excluding diaryl/α,β-unsaturated/α-hetero) is 1. The van der Waals surface area contributed by atoms with Crippen LogP contribution in [0.3, 0.4) is 0 Å². The van der Waals surface area contributed by atoms with Gasteiger partial charge >= 0.3 is 0 Å². The van der Waals surface area contributed by atoms with Gasteiger partial charge in [0.1, 0.15) is 0 Å². The van der Waals surface area contributed by atoms with Gasteiger partial charge in [-0.25, -0.2) is 0 Å². The lowest BCUT2D eigenvalue weighted by atomic mass is 9.82. The quantitative estimate of drug-likeness (QED) is 0.637. The van der Waals surface area contributed by atoms with Crippen LogP contribution in [0.25, 0.3) is 11.1 Å². The van der Waals surface area contributed by atoms with Crippen LogP contribution in [0, 0.1) is 11.8 Å². The van der Waals surface area contributed by atoms with Crippen LogP contribution in [0.2, 0.25) is 0 Å². The van der Waals surface area contributed by atoms with Gasteiger partial charge in [-0.3, -0.25) is 4.79 Å². The monoisotopic (exact) mass is 318 g/mol. The Hall–Kier alpha value is -2.15. The third-order valence-electron chi connectivity index (χ3n) is 5.06. The molecule has 0 heterocycles. The van der Waals surface area contributed by atoms with Gasteiger partial charge in [0, 0.05) is 11.5 Å². The highest BCUT2D eigenvalue weighted by Crippen LogP contribution is 2.48. The van der Waals surface area contributed by atoms with Crippen molar-refractivity contribution >= 4 is 16.9 Å². The molecule has 0 amide bonds. The summed E-state index contributed by atoms with van der Waals surface area (Å²) in [5, 5.41) is 0. The van der Waals surface area contributed by atoms with Crippen molar-refractivity contribution in [3.63, 3.8) is 0 Å². The van der Waals surface area contributed by atoms with Crippen LogP contribution < -0.4 is 0 Å². The number of rotatable bonds is 6. The van der Waals surface area contributed by atoms with Gasteiger partial charge in [-0.05, 0) is 35.5 Å². The van der Waals surface area contributed by atoms with E-state index in [2.05, 4.69) is 50.2 Å². The molecule has 0 aromatic heterocycles. The van der Waals surface area contributed by atoms with Crippen LogP contribution in [-0.4, -0.2) is 5.78 Å². The van der Waals surface area contributed by atoms with Crippen molar-refractivity contribution in [3.05, 3.63) is 71.8 Å². The van der Waals surface area contributed by atoms with E-state index in [9.17, 15) is 4.79 Å². The Labute approximate surface area is 145 Å². The number of benzene rings is 2. The van der Waals surface area contributed by atoms with Crippen molar-refractivity contribution in [1.29, 1.82) is 0 Å². The predicted molar refractivity (Wildman–Crippen MR) is 102 cm³/mol. The second kappa shape index (κ2) is 7.61. The molecule has 2 atom stereocenters. The molecule has 0 N–H and O–H groups in total. The topological polar surface area (TPSA) is 17.1 Å². The molecular weight excluding hydrogens is 292 g/mol. The van der Waals surface area contributed by atoms with Crippen LogP contribution in [0.15, 0.2) is 60.7 Å². The predicted octanol–water partition coefficient (Wildman–Crippen LogP) is 6.01. The first-order valence-corrected chi connectivity index (χ1v) is 9.17. The Morgan fingerprint density at radius 2 is 1.21 bits per heavy atom. The molecule has 3 rings (SSSR count). The lowest BCUT2D eigenvalue weighted by molar-refractivity contribution is -0.117. The number of hydrogen-bond acceptors (Lipinski definition) is 1. The van der Waals surface area contributed by atoms with Crippen LogP contribution in [-0.2, 0) is 4.79 Å². The number of carbonyl (C=O) groups is 1. The van der Waals surface area contributed by atoms with Crippen molar-refractivity contribution in [2.75, 3.05) is 0 Å². The van der Waals surface area contributed by atoms with Gasteiger partial charge in [0.15, 0.2) is 5.78 Å². The summed E-state index contributed by atoms with van der Waals surface area (Å²) in [6.07, 6.45) is 4.23. The molecule has 0 fully saturated rings. The molecule has 124 valence electrons. The van der Waals surface area contributed by atoms with Crippen molar-refractivity contribution in [3.8, 4) is 0 Å². The molecule has 2 unspecified atom stereocenters. The van der Waals surface area contributed by atoms with Crippen molar-refractivity contribution in [2.24, 2.45) is 11.8 Å². The number of ketones is 1. The highest BCUT2D eigenvalue weighted by Gasteiger charge is 2.41. The minimum atomic E-state index is 0.139. The Balaban J connectivity index is 2.19. The van der Waals surface area contributed by atoms with Gasteiger partial charge in [0.05, 0.1) is 0 Å². The van der Waals surface area contributed by atoms with Crippen molar-refractivity contribution in [2.45, 2.75) is 39.5 Å². The maximum absolute atomic E-state index is 13.3. The lowest BCUT2D eigenvalue weighted by Gasteiger charge is -2.21. The van der Waals surface area contributed by atoms with E-state index >= 15 is 0 Å². The molecule has 0 spiro atoms. The van der Waals surface area contributed by atoms with Crippen LogP contribution >= 0.6 is 0 Å². The number of carbonyl (C=O) groups excluding carboxylic acids is 1. The average Bonchev–Trinajstić information content (AvgIpc) is 2.90. The zero-order chi connectivity index (χ0) is 16.9. The fourth-order valence-corrected chi connectivity index (χ4v) is 4.07. The summed E-state index contributed by atoms with van der Waals surface area (Å²) in [6, 6.07) is 20.7. The molecule has 0 radical (unpaired) electrons. The summed E-state index contributed by atoms with van der Waals surface area (Å²) < 4.78 is 0. The Morgan fingerprint density at radius 1 is 0.708 bits per heavy atom. The maximum Gasteiger partial charge on any atom is 0.167 e. The molecular formula is C23H26O. The van der Waals surface area contributed by atoms with E-state index in [1.54, 1.807) is 0 Å². The van der Waals surface area contributed by atoms with E-state index in [0.717, 1.165) is 36.8 Å². The van der Waals surface area contributed by atoms with Crippen LogP contribution in [0.4, 0.5) is 0 Å². The Kier molecular flexibility index (Phi) is 5.30. The second-order valence-corrected chi connectivity index (χ2v) is 6.68. The normalized spacial score (nSPS) is 20.7. The highest BCUT2D eigenvalue weighted by molar-refractivity contribution is 6.32. The first kappa shape index (κ1) is 16.7. The smallest absolute Gasteiger partial charge is 0.167 e. The zero-order valence-corrected chi connectivity index (χ0v) is 14.7. The van der Waals surface area contributed by atoms with Gasteiger partial charge < -0.3 is 0 Å². The SMILES string of the molecule is CCCC1C(=O)C(c2ccccc2)=C(c2ccccc2)C1CCC. The molecule has 2 aromatic carbocycles. The molecule has 0 saturated heterocycles. The molecule has 1 heteroatoms. The molecule has 1 nitrogen and oxygen atoms in total. The van der Waals surface area contributed by atoms with E-state index in [0.29, 0.717) is 11.7 Å². The second-order valence-electron chi connectivity index (χ2n) is 6.68. The molecule has 2 aromatic rings. The molecule has 0 saturated carbocycles. The van der Waals surface area contributed by atoms with Crippen molar-refractivity contribution < 1.29 is 4.79 Å². The molecule has 1 aliphatic rings. The third-order valence-corrected chi connectivity index (χ3v) is 5.06. The molecule has 0 bridgehead atoms. The van der Waals surface area contributed by atoms with Gasteiger partial charge in [0.2, 0.25) is 0 Å². The number of allylic oxidation sites excluding steroid dienone is 2. The fourth-order valence-electron chi connectivity index (χ4n) is 4.07. The van der Waals surface area contributed by atoms with E-state index < -0.39 is 0 Å². The third kappa shape index (κ3) is 3.08. The van der Waals surface area contributed by atoms with Gasteiger partial charge in [-0.1, -0.05) is 87.4 Å². The minimum absolute atomic E-state index is 0.139. The van der Waals surface area contributed by atoms with E-state index in [4.69, 9.17) is 0 Å². The highest BCUT2D eigenvalue weighted by atomic mass is 16.1. The standard InChI is InChI=1S/C23H26O/c1-3-11-19-20(12-4-2)23(24)22(18-15-9-6-10-16-18)21(19)17-13-7-5-8-14-17/h5-10,13-16,19-20H,3-4,11-12H2,1-2H3.